The van der Waals surface area contributed by atoms with E-state index in [9.17, 15) is 13.8 Å². The first-order valence-corrected chi connectivity index (χ1v) is 7.71. The van der Waals surface area contributed by atoms with E-state index in [-0.39, 0.29) is 13.0 Å². The first-order valence-electron chi connectivity index (χ1n) is 6.68. The van der Waals surface area contributed by atoms with Gasteiger partial charge in [0.25, 0.3) is 11.3 Å². The van der Waals surface area contributed by atoms with Crippen LogP contribution < -0.4 is 0 Å². The van der Waals surface area contributed by atoms with Gasteiger partial charge in [-0.1, -0.05) is 0 Å². The normalized spacial score (nSPS) is 23.0. The molecule has 0 bridgehead atoms. The number of hydrogen-bond donors (Lipinski definition) is 0. The van der Waals surface area contributed by atoms with Crippen molar-refractivity contribution in [3.8, 4) is 0 Å². The average molecular weight is 321 g/mol. The Bertz CT molecular complexity index is 437. The van der Waals surface area contributed by atoms with Crippen molar-refractivity contribution >= 4 is 23.3 Å². The van der Waals surface area contributed by atoms with Crippen LogP contribution in [0, 0.1) is 0 Å². The molecule has 0 aromatic heterocycles. The van der Waals surface area contributed by atoms with Crippen molar-refractivity contribution in [2.75, 3.05) is 6.61 Å². The summed E-state index contributed by atoms with van der Waals surface area (Å²) in [6.07, 6.45) is -0.866. The largest absolute Gasteiger partial charge is 0.460 e. The van der Waals surface area contributed by atoms with E-state index in [0.717, 1.165) is 4.31 Å². The van der Waals surface area contributed by atoms with E-state index in [2.05, 4.69) is 0 Å². The van der Waals surface area contributed by atoms with Gasteiger partial charge in [-0.15, -0.1) is 0 Å². The smallest absolute Gasteiger partial charge is 0.424 e. The third-order valence-corrected chi connectivity index (χ3v) is 3.36. The molecule has 0 saturated carbocycles. The second-order valence-electron chi connectivity index (χ2n) is 6.75. The number of esters is 1. The SMILES string of the molecule is CC(C)(C)OC(=O)C[C@H]1COS(=O)N1C(=O)OC(C)(C)C. The molecule has 0 spiro atoms. The van der Waals surface area contributed by atoms with E-state index >= 15 is 0 Å². The Labute approximate surface area is 127 Å². The van der Waals surface area contributed by atoms with Crippen LogP contribution in [0.25, 0.3) is 0 Å². The molecule has 1 saturated heterocycles. The minimum atomic E-state index is -1.94. The molecule has 7 nitrogen and oxygen atoms in total. The summed E-state index contributed by atoms with van der Waals surface area (Å²) in [4.78, 5) is 23.8. The Morgan fingerprint density at radius 2 is 1.67 bits per heavy atom. The molecule has 0 aliphatic carbocycles. The van der Waals surface area contributed by atoms with Crippen LogP contribution in [-0.4, -0.2) is 44.4 Å². The van der Waals surface area contributed by atoms with Gasteiger partial charge in [-0.2, -0.15) is 4.31 Å². The minimum absolute atomic E-state index is 0.00506. The Balaban J connectivity index is 2.71. The Morgan fingerprint density at radius 3 is 2.14 bits per heavy atom. The summed E-state index contributed by atoms with van der Waals surface area (Å²) in [5.74, 6) is -0.483. The predicted octanol–water partition coefficient (Wildman–Crippen LogP) is 1.93. The highest BCUT2D eigenvalue weighted by Gasteiger charge is 2.41. The predicted molar refractivity (Wildman–Crippen MR) is 76.4 cm³/mol. The van der Waals surface area contributed by atoms with Gasteiger partial charge in [0, 0.05) is 0 Å². The fraction of sp³-hybridized carbons (Fsp3) is 0.846. The van der Waals surface area contributed by atoms with Crippen LogP contribution >= 0.6 is 0 Å². The molecule has 1 amide bonds. The molecule has 1 fully saturated rings. The number of hydrogen-bond acceptors (Lipinski definition) is 6. The molecule has 1 aliphatic heterocycles. The second kappa shape index (κ2) is 6.31. The van der Waals surface area contributed by atoms with E-state index in [4.69, 9.17) is 13.7 Å². The summed E-state index contributed by atoms with van der Waals surface area (Å²) in [5.41, 5.74) is -1.34. The van der Waals surface area contributed by atoms with Crippen molar-refractivity contribution in [1.29, 1.82) is 0 Å². The van der Waals surface area contributed by atoms with Gasteiger partial charge in [-0.05, 0) is 41.5 Å². The molecule has 0 N–H and O–H groups in total. The molecule has 1 unspecified atom stereocenters. The fourth-order valence-corrected chi connectivity index (χ4v) is 2.54. The van der Waals surface area contributed by atoms with Crippen LogP contribution in [0.4, 0.5) is 4.79 Å². The van der Waals surface area contributed by atoms with E-state index in [0.29, 0.717) is 0 Å². The van der Waals surface area contributed by atoms with Crippen LogP contribution in [0.3, 0.4) is 0 Å². The van der Waals surface area contributed by atoms with Gasteiger partial charge in [-0.3, -0.25) is 8.98 Å². The minimum Gasteiger partial charge on any atom is -0.460 e. The quantitative estimate of drug-likeness (QED) is 0.723. The average Bonchev–Trinajstić information content (AvgIpc) is 2.53. The first kappa shape index (κ1) is 17.9. The zero-order valence-corrected chi connectivity index (χ0v) is 14.1. The zero-order valence-electron chi connectivity index (χ0n) is 13.3. The zero-order chi connectivity index (χ0) is 16.4. The third-order valence-electron chi connectivity index (χ3n) is 2.25. The Hall–Kier alpha value is -1.15. The van der Waals surface area contributed by atoms with Crippen molar-refractivity contribution in [3.05, 3.63) is 0 Å². The lowest BCUT2D eigenvalue weighted by Crippen LogP contribution is -2.42. The first-order chi connectivity index (χ1) is 9.39. The maximum absolute atomic E-state index is 12.0. The van der Waals surface area contributed by atoms with Gasteiger partial charge in [0.05, 0.1) is 19.1 Å². The lowest BCUT2D eigenvalue weighted by molar-refractivity contribution is -0.155. The van der Waals surface area contributed by atoms with Crippen LogP contribution in [0.1, 0.15) is 48.0 Å². The molecular weight excluding hydrogens is 298 g/mol. The lowest BCUT2D eigenvalue weighted by atomic mass is 10.1. The van der Waals surface area contributed by atoms with E-state index in [1.54, 1.807) is 41.5 Å². The van der Waals surface area contributed by atoms with E-state index in [1.807, 2.05) is 0 Å². The lowest BCUT2D eigenvalue weighted by Gasteiger charge is -2.26. The van der Waals surface area contributed by atoms with Crippen molar-refractivity contribution < 1.29 is 27.5 Å². The van der Waals surface area contributed by atoms with Gasteiger partial charge < -0.3 is 9.47 Å². The summed E-state index contributed by atoms with van der Waals surface area (Å²) in [6.45, 7) is 10.4. The maximum atomic E-state index is 12.0. The van der Waals surface area contributed by atoms with Crippen LogP contribution in [0.5, 0.6) is 0 Å². The van der Waals surface area contributed by atoms with Crippen molar-refractivity contribution in [1.82, 2.24) is 4.31 Å². The molecule has 1 rings (SSSR count). The Morgan fingerprint density at radius 1 is 1.14 bits per heavy atom. The monoisotopic (exact) mass is 321 g/mol. The third kappa shape index (κ3) is 6.01. The number of nitrogens with zero attached hydrogens (tertiary/aromatic N) is 1. The summed E-state index contributed by atoms with van der Waals surface area (Å²) >= 11 is -1.94. The second-order valence-corrected chi connectivity index (χ2v) is 7.82. The molecule has 122 valence electrons. The summed E-state index contributed by atoms with van der Waals surface area (Å²) in [6, 6.07) is -0.657. The molecule has 0 radical (unpaired) electrons. The molecule has 8 heteroatoms. The topological polar surface area (TPSA) is 82.1 Å². The fourth-order valence-electron chi connectivity index (χ4n) is 1.62. The van der Waals surface area contributed by atoms with Crippen molar-refractivity contribution in [3.63, 3.8) is 0 Å². The number of carbonyl (C=O) groups is 2. The van der Waals surface area contributed by atoms with Crippen LogP contribution in [-0.2, 0) is 29.7 Å². The van der Waals surface area contributed by atoms with Gasteiger partial charge in [-0.25, -0.2) is 9.00 Å². The summed E-state index contributed by atoms with van der Waals surface area (Å²) in [7, 11) is 0. The standard InChI is InChI=1S/C13H23NO6S/c1-12(2,3)19-10(15)7-9-8-18-21(17)14(9)11(16)20-13(4,5)6/h9H,7-8H2,1-6H3/t9-,21?/m0/s1. The molecule has 21 heavy (non-hydrogen) atoms. The van der Waals surface area contributed by atoms with Crippen LogP contribution in [0.15, 0.2) is 0 Å². The summed E-state index contributed by atoms with van der Waals surface area (Å²) < 4.78 is 28.0. The molecule has 0 aromatic rings. The van der Waals surface area contributed by atoms with Gasteiger partial charge in [0.15, 0.2) is 0 Å². The van der Waals surface area contributed by atoms with Crippen molar-refractivity contribution in [2.24, 2.45) is 0 Å². The Kier molecular flexibility index (Phi) is 5.38. The molecule has 2 atom stereocenters. The van der Waals surface area contributed by atoms with Crippen molar-refractivity contribution in [2.45, 2.75) is 65.2 Å². The van der Waals surface area contributed by atoms with E-state index in [1.165, 1.54) is 0 Å². The highest BCUT2D eigenvalue weighted by molar-refractivity contribution is 7.78. The number of amides is 1. The number of ether oxygens (including phenoxy) is 2. The molecular formula is C13H23NO6S. The van der Waals surface area contributed by atoms with Gasteiger partial charge in [0.1, 0.15) is 11.2 Å². The number of rotatable bonds is 2. The van der Waals surface area contributed by atoms with Gasteiger partial charge in [0.2, 0.25) is 0 Å². The summed E-state index contributed by atoms with van der Waals surface area (Å²) in [5, 5.41) is 0. The molecule has 1 heterocycles. The molecule has 1 aliphatic rings. The maximum Gasteiger partial charge on any atom is 0.424 e. The molecule has 0 aromatic carbocycles. The van der Waals surface area contributed by atoms with Gasteiger partial charge >= 0.3 is 12.1 Å². The van der Waals surface area contributed by atoms with Crippen LogP contribution in [0.2, 0.25) is 0 Å². The highest BCUT2D eigenvalue weighted by atomic mass is 32.2. The highest BCUT2D eigenvalue weighted by Crippen LogP contribution is 2.22. The van der Waals surface area contributed by atoms with E-state index < -0.39 is 40.6 Å². The number of carbonyl (C=O) groups excluding carboxylic acids is 2.